The van der Waals surface area contributed by atoms with Crippen molar-refractivity contribution >= 4 is 23.7 Å². The number of nitrogens with zero attached hydrogens (tertiary/aromatic N) is 2. The Hall–Kier alpha value is -2.95. The van der Waals surface area contributed by atoms with Gasteiger partial charge in [0.15, 0.2) is 0 Å². The molecule has 0 radical (unpaired) electrons. The van der Waals surface area contributed by atoms with Crippen LogP contribution >= 0.6 is 0 Å². The Balaban J connectivity index is 1.95. The van der Waals surface area contributed by atoms with E-state index in [1.165, 1.54) is 12.1 Å². The van der Waals surface area contributed by atoms with Crippen LogP contribution in [0.2, 0.25) is 0 Å². The van der Waals surface area contributed by atoms with Gasteiger partial charge in [0.25, 0.3) is 5.69 Å². The third-order valence-corrected chi connectivity index (χ3v) is 2.73. The second-order valence-corrected chi connectivity index (χ2v) is 4.47. The van der Waals surface area contributed by atoms with Gasteiger partial charge in [-0.2, -0.15) is 5.10 Å². The van der Waals surface area contributed by atoms with Gasteiger partial charge in [-0.3, -0.25) is 15.5 Å². The van der Waals surface area contributed by atoms with Crippen molar-refractivity contribution in [3.05, 3.63) is 75.8 Å². The zero-order valence-electron chi connectivity index (χ0n) is 11.6. The minimum absolute atomic E-state index is 0.0599. The number of non-ortho nitro benzene ring substituents is 1. The SMILES string of the molecule is CC(=C/c1ccccc1)/C=N/Nc1ccc([N+](=O)[O-])cc1. The molecule has 0 aliphatic heterocycles. The quantitative estimate of drug-likeness (QED) is 0.509. The Kier molecular flexibility index (Phi) is 4.82. The smallest absolute Gasteiger partial charge is 0.269 e. The molecule has 0 aromatic heterocycles. The molecular formula is C16H15N3O2. The molecule has 0 heterocycles. The fourth-order valence-corrected chi connectivity index (χ4v) is 1.72. The average molecular weight is 281 g/mol. The molecule has 21 heavy (non-hydrogen) atoms. The number of hydrazone groups is 1. The summed E-state index contributed by atoms with van der Waals surface area (Å²) in [6.07, 6.45) is 3.72. The number of nitro groups is 1. The van der Waals surface area contributed by atoms with Crippen molar-refractivity contribution in [2.45, 2.75) is 6.92 Å². The maximum absolute atomic E-state index is 10.5. The van der Waals surface area contributed by atoms with Gasteiger partial charge in [-0.25, -0.2) is 0 Å². The second kappa shape index (κ2) is 7.00. The van der Waals surface area contributed by atoms with Crippen molar-refractivity contribution < 1.29 is 4.92 Å². The normalized spacial score (nSPS) is 11.6. The largest absolute Gasteiger partial charge is 0.279 e. The van der Waals surface area contributed by atoms with Crippen LogP contribution in [0.25, 0.3) is 6.08 Å². The lowest BCUT2D eigenvalue weighted by atomic mass is 10.1. The van der Waals surface area contributed by atoms with Crippen LogP contribution in [-0.2, 0) is 0 Å². The molecule has 0 saturated heterocycles. The second-order valence-electron chi connectivity index (χ2n) is 4.47. The van der Waals surface area contributed by atoms with Crippen LogP contribution in [0.1, 0.15) is 12.5 Å². The van der Waals surface area contributed by atoms with Crippen LogP contribution in [-0.4, -0.2) is 11.1 Å². The Morgan fingerprint density at radius 1 is 1.14 bits per heavy atom. The molecule has 5 nitrogen and oxygen atoms in total. The van der Waals surface area contributed by atoms with Gasteiger partial charge in [-0.15, -0.1) is 0 Å². The number of hydrogen-bond acceptors (Lipinski definition) is 4. The minimum atomic E-state index is -0.431. The summed E-state index contributed by atoms with van der Waals surface area (Å²) in [7, 11) is 0. The van der Waals surface area contributed by atoms with Crippen LogP contribution in [0, 0.1) is 10.1 Å². The molecule has 2 aromatic carbocycles. The molecule has 1 N–H and O–H groups in total. The van der Waals surface area contributed by atoms with Gasteiger partial charge in [-0.05, 0) is 30.2 Å². The molecule has 0 fully saturated rings. The lowest BCUT2D eigenvalue weighted by Gasteiger charge is -1.99. The lowest BCUT2D eigenvalue weighted by molar-refractivity contribution is -0.384. The highest BCUT2D eigenvalue weighted by Gasteiger charge is 2.02. The van der Waals surface area contributed by atoms with E-state index in [2.05, 4.69) is 10.5 Å². The molecule has 0 saturated carbocycles. The molecule has 0 unspecified atom stereocenters. The molecule has 0 spiro atoms. The van der Waals surface area contributed by atoms with Gasteiger partial charge in [-0.1, -0.05) is 36.4 Å². The maximum Gasteiger partial charge on any atom is 0.269 e. The minimum Gasteiger partial charge on any atom is -0.279 e. The standard InChI is InChI=1S/C16H15N3O2/c1-13(11-14-5-3-2-4-6-14)12-17-18-15-7-9-16(10-8-15)19(20)21/h2-12,18H,1H3/b13-11-,17-12+. The van der Waals surface area contributed by atoms with Gasteiger partial charge in [0, 0.05) is 12.1 Å². The van der Waals surface area contributed by atoms with Crippen LogP contribution in [0.4, 0.5) is 11.4 Å². The predicted octanol–water partition coefficient (Wildman–Crippen LogP) is 4.10. The first-order valence-corrected chi connectivity index (χ1v) is 6.42. The summed E-state index contributed by atoms with van der Waals surface area (Å²) in [5.74, 6) is 0. The first kappa shape index (κ1) is 14.5. The van der Waals surface area contributed by atoms with Crippen molar-refractivity contribution in [2.75, 3.05) is 5.43 Å². The number of allylic oxidation sites excluding steroid dienone is 1. The number of nitro benzene ring substituents is 1. The molecule has 5 heteroatoms. The van der Waals surface area contributed by atoms with E-state index in [1.807, 2.05) is 43.3 Å². The third kappa shape index (κ3) is 4.58. The number of benzene rings is 2. The number of nitrogens with one attached hydrogen (secondary N) is 1. The molecule has 0 atom stereocenters. The van der Waals surface area contributed by atoms with E-state index in [4.69, 9.17) is 0 Å². The van der Waals surface area contributed by atoms with Crippen molar-refractivity contribution in [1.29, 1.82) is 0 Å². The first-order chi connectivity index (χ1) is 10.1. The van der Waals surface area contributed by atoms with Gasteiger partial charge in [0.1, 0.15) is 0 Å². The van der Waals surface area contributed by atoms with Crippen molar-refractivity contribution in [2.24, 2.45) is 5.10 Å². The van der Waals surface area contributed by atoms with Gasteiger partial charge < -0.3 is 0 Å². The van der Waals surface area contributed by atoms with Crippen molar-refractivity contribution in [1.82, 2.24) is 0 Å². The van der Waals surface area contributed by atoms with E-state index in [-0.39, 0.29) is 5.69 Å². The van der Waals surface area contributed by atoms with Gasteiger partial charge >= 0.3 is 0 Å². The Morgan fingerprint density at radius 3 is 2.43 bits per heavy atom. The van der Waals surface area contributed by atoms with E-state index in [1.54, 1.807) is 18.3 Å². The van der Waals surface area contributed by atoms with Crippen LogP contribution in [0.3, 0.4) is 0 Å². The third-order valence-electron chi connectivity index (χ3n) is 2.73. The summed E-state index contributed by atoms with van der Waals surface area (Å²) >= 11 is 0. The Bertz CT molecular complexity index is 662. The summed E-state index contributed by atoms with van der Waals surface area (Å²) in [4.78, 5) is 10.1. The van der Waals surface area contributed by atoms with E-state index >= 15 is 0 Å². The summed E-state index contributed by atoms with van der Waals surface area (Å²) in [6, 6.07) is 16.1. The topological polar surface area (TPSA) is 67.5 Å². The van der Waals surface area contributed by atoms with Crippen molar-refractivity contribution in [3.63, 3.8) is 0 Å². The summed E-state index contributed by atoms with van der Waals surface area (Å²) < 4.78 is 0. The van der Waals surface area contributed by atoms with Crippen LogP contribution in [0.5, 0.6) is 0 Å². The molecule has 2 rings (SSSR count). The zero-order valence-corrected chi connectivity index (χ0v) is 11.6. The number of rotatable bonds is 5. The fraction of sp³-hybridized carbons (Fsp3) is 0.0625. The lowest BCUT2D eigenvalue weighted by Crippen LogP contribution is -1.91. The molecule has 2 aromatic rings. The highest BCUT2D eigenvalue weighted by atomic mass is 16.6. The highest BCUT2D eigenvalue weighted by Crippen LogP contribution is 2.15. The Morgan fingerprint density at radius 2 is 1.81 bits per heavy atom. The molecule has 0 amide bonds. The average Bonchev–Trinajstić information content (AvgIpc) is 2.49. The van der Waals surface area contributed by atoms with Gasteiger partial charge in [0.05, 0.1) is 16.8 Å². The van der Waals surface area contributed by atoms with Gasteiger partial charge in [0.2, 0.25) is 0 Å². The van der Waals surface area contributed by atoms with Crippen LogP contribution in [0.15, 0.2) is 65.3 Å². The van der Waals surface area contributed by atoms with E-state index in [9.17, 15) is 10.1 Å². The molecule has 0 bridgehead atoms. The summed E-state index contributed by atoms with van der Waals surface area (Å²) in [5.41, 5.74) is 5.70. The number of hydrogen-bond donors (Lipinski definition) is 1. The molecular weight excluding hydrogens is 266 g/mol. The maximum atomic E-state index is 10.5. The van der Waals surface area contributed by atoms with E-state index in [0.29, 0.717) is 5.69 Å². The highest BCUT2D eigenvalue weighted by molar-refractivity contribution is 5.85. The van der Waals surface area contributed by atoms with Crippen LogP contribution < -0.4 is 5.43 Å². The monoisotopic (exact) mass is 281 g/mol. The van der Waals surface area contributed by atoms with Crippen molar-refractivity contribution in [3.8, 4) is 0 Å². The fourth-order valence-electron chi connectivity index (χ4n) is 1.72. The molecule has 106 valence electrons. The number of anilines is 1. The zero-order chi connectivity index (χ0) is 15.1. The molecule has 0 aliphatic rings. The Labute approximate surface area is 122 Å². The predicted molar refractivity (Wildman–Crippen MR) is 85.3 cm³/mol. The summed E-state index contributed by atoms with van der Waals surface area (Å²) in [6.45, 7) is 1.95. The summed E-state index contributed by atoms with van der Waals surface area (Å²) in [5, 5.41) is 14.6. The first-order valence-electron chi connectivity index (χ1n) is 6.42. The molecule has 0 aliphatic carbocycles. The van der Waals surface area contributed by atoms with E-state index in [0.717, 1.165) is 11.1 Å². The van der Waals surface area contributed by atoms with E-state index < -0.39 is 4.92 Å².